The molecule has 0 radical (unpaired) electrons. The topological polar surface area (TPSA) is 26.0 Å². The molecule has 0 saturated carbocycles. The van der Waals surface area contributed by atoms with E-state index in [2.05, 4.69) is 55.5 Å². The first-order valence-electron chi connectivity index (χ1n) is 7.52. The average molecular weight is 257 g/mol. The number of unbranched alkanes of at least 4 members (excludes halogenated alkanes) is 5. The smallest absolute Gasteiger partial charge is 0.00773 e. The van der Waals surface area contributed by atoms with Gasteiger partial charge in [0.05, 0.1) is 0 Å². The Morgan fingerprint density at radius 2 is 1.11 bits per heavy atom. The Bertz CT molecular complexity index is 365. The van der Waals surface area contributed by atoms with Crippen LogP contribution in [0.15, 0.2) is 48.5 Å². The highest BCUT2D eigenvalue weighted by atomic mass is 14.5. The minimum absolute atomic E-state index is 0.867. The quantitative estimate of drug-likeness (QED) is 0.712. The van der Waals surface area contributed by atoms with Gasteiger partial charge in [-0.3, -0.25) is 0 Å². The maximum Gasteiger partial charge on any atom is -0.00773 e. The van der Waals surface area contributed by atoms with Crippen LogP contribution in [0.2, 0.25) is 0 Å². The highest BCUT2D eigenvalue weighted by molar-refractivity contribution is 5.81. The molecule has 0 saturated heterocycles. The van der Waals surface area contributed by atoms with Crippen molar-refractivity contribution in [1.29, 1.82) is 0 Å². The number of benzene rings is 2. The maximum atomic E-state index is 5.34. The summed E-state index contributed by atoms with van der Waals surface area (Å²) < 4.78 is 0. The number of fused-ring (bicyclic) bond motifs is 1. The van der Waals surface area contributed by atoms with E-state index in [1.807, 2.05) is 0 Å². The summed E-state index contributed by atoms with van der Waals surface area (Å²) in [5, 5.41) is 2.62. The van der Waals surface area contributed by atoms with Crippen LogP contribution >= 0.6 is 0 Å². The molecule has 0 atom stereocenters. The number of hydrogen-bond donors (Lipinski definition) is 1. The third kappa shape index (κ3) is 6.97. The minimum Gasteiger partial charge on any atom is -0.330 e. The molecule has 0 spiro atoms. The van der Waals surface area contributed by atoms with Gasteiger partial charge in [-0.15, -0.1) is 0 Å². The molecule has 0 aliphatic heterocycles. The second-order valence-corrected chi connectivity index (χ2v) is 4.90. The lowest BCUT2D eigenvalue weighted by molar-refractivity contribution is 0.612. The van der Waals surface area contributed by atoms with E-state index in [1.54, 1.807) is 0 Å². The van der Waals surface area contributed by atoms with E-state index in [0.29, 0.717) is 0 Å². The summed E-state index contributed by atoms with van der Waals surface area (Å²) in [4.78, 5) is 0. The zero-order valence-electron chi connectivity index (χ0n) is 12.1. The maximum absolute atomic E-state index is 5.34. The highest BCUT2D eigenvalue weighted by Gasteiger charge is 1.86. The van der Waals surface area contributed by atoms with Crippen molar-refractivity contribution in [3.8, 4) is 0 Å². The average Bonchev–Trinajstić information content (AvgIpc) is 2.48. The van der Waals surface area contributed by atoms with E-state index in [1.165, 1.54) is 49.3 Å². The van der Waals surface area contributed by atoms with E-state index >= 15 is 0 Å². The standard InChI is InChI=1S/C10H8.C8H19N/c1-2-6-10-8-4-3-7-9(10)5-1;1-2-3-4-5-6-7-8-9/h1-8H;2-9H2,1H3. The van der Waals surface area contributed by atoms with Gasteiger partial charge in [-0.1, -0.05) is 87.6 Å². The van der Waals surface area contributed by atoms with Crippen LogP contribution in [0.25, 0.3) is 10.8 Å². The van der Waals surface area contributed by atoms with Gasteiger partial charge in [-0.25, -0.2) is 0 Å². The van der Waals surface area contributed by atoms with Gasteiger partial charge in [0.2, 0.25) is 0 Å². The monoisotopic (exact) mass is 257 g/mol. The number of rotatable bonds is 6. The van der Waals surface area contributed by atoms with Crippen molar-refractivity contribution in [3.05, 3.63) is 48.5 Å². The first-order chi connectivity index (χ1) is 9.38. The van der Waals surface area contributed by atoms with Crippen LogP contribution in [-0.4, -0.2) is 6.54 Å². The molecule has 0 fully saturated rings. The van der Waals surface area contributed by atoms with Crippen LogP contribution in [-0.2, 0) is 0 Å². The molecule has 0 amide bonds. The fourth-order valence-electron chi connectivity index (χ4n) is 2.06. The third-order valence-corrected chi connectivity index (χ3v) is 3.22. The van der Waals surface area contributed by atoms with Gasteiger partial charge >= 0.3 is 0 Å². The molecule has 0 heterocycles. The molecule has 2 rings (SSSR count). The van der Waals surface area contributed by atoms with Gasteiger partial charge in [0, 0.05) is 0 Å². The molecule has 19 heavy (non-hydrogen) atoms. The van der Waals surface area contributed by atoms with Crippen molar-refractivity contribution in [2.45, 2.75) is 45.4 Å². The van der Waals surface area contributed by atoms with Gasteiger partial charge in [-0.05, 0) is 23.7 Å². The summed E-state index contributed by atoms with van der Waals surface area (Å²) in [6.45, 7) is 3.11. The van der Waals surface area contributed by atoms with Crippen molar-refractivity contribution in [1.82, 2.24) is 0 Å². The molecule has 1 heteroatoms. The molecule has 2 N–H and O–H groups in total. The van der Waals surface area contributed by atoms with Crippen molar-refractivity contribution in [2.24, 2.45) is 5.73 Å². The van der Waals surface area contributed by atoms with Crippen molar-refractivity contribution in [2.75, 3.05) is 6.54 Å². The molecular weight excluding hydrogens is 230 g/mol. The zero-order chi connectivity index (χ0) is 13.8. The van der Waals surface area contributed by atoms with Gasteiger partial charge in [0.1, 0.15) is 0 Å². The molecule has 0 aliphatic rings. The predicted octanol–water partition coefficient (Wildman–Crippen LogP) is 5.15. The van der Waals surface area contributed by atoms with Crippen molar-refractivity contribution >= 4 is 10.8 Å². The summed E-state index contributed by atoms with van der Waals surface area (Å²) in [5.74, 6) is 0. The van der Waals surface area contributed by atoms with E-state index in [-0.39, 0.29) is 0 Å². The molecule has 2 aromatic carbocycles. The summed E-state index contributed by atoms with van der Waals surface area (Å²) in [5.41, 5.74) is 5.34. The van der Waals surface area contributed by atoms with Crippen LogP contribution < -0.4 is 5.73 Å². The Kier molecular flexibility index (Phi) is 8.74. The first-order valence-corrected chi connectivity index (χ1v) is 7.52. The van der Waals surface area contributed by atoms with E-state index in [9.17, 15) is 0 Å². The Morgan fingerprint density at radius 3 is 1.53 bits per heavy atom. The normalized spacial score (nSPS) is 10.0. The summed E-state index contributed by atoms with van der Waals surface area (Å²) >= 11 is 0. The molecule has 0 aliphatic carbocycles. The molecule has 0 aromatic heterocycles. The van der Waals surface area contributed by atoms with Gasteiger partial charge in [0.25, 0.3) is 0 Å². The van der Waals surface area contributed by atoms with Gasteiger partial charge < -0.3 is 5.73 Å². The molecule has 2 aromatic rings. The van der Waals surface area contributed by atoms with Crippen LogP contribution in [0.3, 0.4) is 0 Å². The van der Waals surface area contributed by atoms with E-state index in [4.69, 9.17) is 5.73 Å². The van der Waals surface area contributed by atoms with Crippen LogP contribution in [0.1, 0.15) is 45.4 Å². The summed E-state index contributed by atoms with van der Waals surface area (Å²) in [7, 11) is 0. The lowest BCUT2D eigenvalue weighted by Gasteiger charge is -1.96. The fraction of sp³-hybridized carbons (Fsp3) is 0.444. The zero-order valence-corrected chi connectivity index (χ0v) is 12.1. The van der Waals surface area contributed by atoms with Crippen LogP contribution in [0.5, 0.6) is 0 Å². The third-order valence-electron chi connectivity index (χ3n) is 3.22. The summed E-state index contributed by atoms with van der Waals surface area (Å²) in [6.07, 6.45) is 8.05. The largest absolute Gasteiger partial charge is 0.330 e. The lowest BCUT2D eigenvalue weighted by atomic mass is 10.1. The highest BCUT2D eigenvalue weighted by Crippen LogP contribution is 2.11. The Labute approximate surface area is 117 Å². The Balaban J connectivity index is 0.000000192. The second kappa shape index (κ2) is 10.6. The van der Waals surface area contributed by atoms with Crippen molar-refractivity contribution < 1.29 is 0 Å². The number of hydrogen-bond acceptors (Lipinski definition) is 1. The fourth-order valence-corrected chi connectivity index (χ4v) is 2.06. The van der Waals surface area contributed by atoms with Crippen molar-refractivity contribution in [3.63, 3.8) is 0 Å². The minimum atomic E-state index is 0.867. The van der Waals surface area contributed by atoms with Crippen LogP contribution in [0.4, 0.5) is 0 Å². The first kappa shape index (κ1) is 15.7. The Morgan fingerprint density at radius 1 is 0.684 bits per heavy atom. The summed E-state index contributed by atoms with van der Waals surface area (Å²) in [6, 6.07) is 16.7. The molecular formula is C18H27N. The number of nitrogens with two attached hydrogens (primary N) is 1. The second-order valence-electron chi connectivity index (χ2n) is 4.90. The molecule has 0 unspecified atom stereocenters. The predicted molar refractivity (Wildman–Crippen MR) is 86.4 cm³/mol. The lowest BCUT2D eigenvalue weighted by Crippen LogP contribution is -1.97. The van der Waals surface area contributed by atoms with Gasteiger partial charge in [0.15, 0.2) is 0 Å². The molecule has 1 nitrogen and oxygen atoms in total. The van der Waals surface area contributed by atoms with Gasteiger partial charge in [-0.2, -0.15) is 0 Å². The SMILES string of the molecule is CCCCCCCCN.c1ccc2ccccc2c1. The van der Waals surface area contributed by atoms with Crippen LogP contribution in [0, 0.1) is 0 Å². The molecule has 104 valence electrons. The molecule has 0 bridgehead atoms. The van der Waals surface area contributed by atoms with E-state index < -0.39 is 0 Å². The Hall–Kier alpha value is -1.34. The van der Waals surface area contributed by atoms with E-state index in [0.717, 1.165) is 6.54 Å².